The highest BCUT2D eigenvalue weighted by molar-refractivity contribution is 7.91. The van der Waals surface area contributed by atoms with Crippen LogP contribution in [0, 0.1) is 5.82 Å². The summed E-state index contributed by atoms with van der Waals surface area (Å²) in [5.74, 6) is -1.06. The highest BCUT2D eigenvalue weighted by Crippen LogP contribution is 2.31. The number of imidazole rings is 1. The lowest BCUT2D eigenvalue weighted by molar-refractivity contribution is 0.101. The molecule has 0 saturated heterocycles. The van der Waals surface area contributed by atoms with Crippen molar-refractivity contribution in [2.24, 2.45) is 0 Å². The van der Waals surface area contributed by atoms with Gasteiger partial charge in [0, 0.05) is 22.8 Å². The van der Waals surface area contributed by atoms with Crippen molar-refractivity contribution in [1.82, 2.24) is 9.55 Å². The normalized spacial score (nSPS) is 14.7. The van der Waals surface area contributed by atoms with Crippen LogP contribution in [0.2, 0.25) is 5.02 Å². The van der Waals surface area contributed by atoms with Crippen molar-refractivity contribution in [3.8, 4) is 11.3 Å². The van der Waals surface area contributed by atoms with Gasteiger partial charge in [0.05, 0.1) is 5.75 Å². The largest absolute Gasteiger partial charge is 0.321 e. The summed E-state index contributed by atoms with van der Waals surface area (Å²) in [5.41, 5.74) is 1.27. The molecule has 0 atom stereocenters. The Morgan fingerprint density at radius 2 is 1.78 bits per heavy atom. The summed E-state index contributed by atoms with van der Waals surface area (Å²) in [4.78, 5) is 17.1. The van der Waals surface area contributed by atoms with Crippen LogP contribution >= 0.6 is 11.6 Å². The van der Waals surface area contributed by atoms with E-state index in [2.05, 4.69) is 10.3 Å². The second-order valence-electron chi connectivity index (χ2n) is 6.03. The number of hydrogen-bond donors (Lipinski definition) is 1. The molecule has 9 heteroatoms. The first-order valence-electron chi connectivity index (χ1n) is 8.01. The third-order valence-electron chi connectivity index (χ3n) is 4.23. The number of fused-ring (bicyclic) bond motifs is 1. The smallest absolute Gasteiger partial charge is 0.274 e. The maximum Gasteiger partial charge on any atom is 0.274 e. The second-order valence-corrected chi connectivity index (χ2v) is 8.47. The fraction of sp³-hybridized carbons (Fsp3) is 0.111. The molecule has 0 unspecified atom stereocenters. The number of aromatic nitrogens is 2. The van der Waals surface area contributed by atoms with Crippen molar-refractivity contribution in [3.05, 3.63) is 65.1 Å². The zero-order valence-electron chi connectivity index (χ0n) is 13.8. The van der Waals surface area contributed by atoms with Gasteiger partial charge in [0.2, 0.25) is 15.0 Å². The third-order valence-corrected chi connectivity index (χ3v) is 6.07. The molecule has 138 valence electrons. The molecule has 0 aliphatic carbocycles. The number of nitrogens with zero attached hydrogens (tertiary/aromatic N) is 2. The zero-order valence-corrected chi connectivity index (χ0v) is 15.4. The first kappa shape index (κ1) is 17.7. The molecular formula is C18H13ClFN3O3S. The number of carbonyl (C=O) groups excluding carboxylic acids is 1. The Morgan fingerprint density at radius 1 is 1.11 bits per heavy atom. The average Bonchev–Trinajstić information content (AvgIpc) is 3.15. The molecule has 4 rings (SSSR count). The van der Waals surface area contributed by atoms with E-state index in [-0.39, 0.29) is 28.8 Å². The number of amides is 1. The number of carbonyl (C=O) groups is 1. The maximum atomic E-state index is 13.3. The minimum Gasteiger partial charge on any atom is -0.321 e. The first-order chi connectivity index (χ1) is 12.8. The molecule has 1 aliphatic heterocycles. The number of hydrogen-bond acceptors (Lipinski definition) is 4. The monoisotopic (exact) mass is 405 g/mol. The van der Waals surface area contributed by atoms with Gasteiger partial charge in [-0.2, -0.15) is 0 Å². The molecule has 2 heterocycles. The summed E-state index contributed by atoms with van der Waals surface area (Å²) in [5, 5.41) is 3.10. The van der Waals surface area contributed by atoms with Crippen molar-refractivity contribution < 1.29 is 17.6 Å². The standard InChI is InChI=1S/C18H13ClFN3O3S/c19-12-3-7-14(8-4-12)21-17(24)16-15(11-1-5-13(20)6-2-11)22-18-23(16)9-10-27(18,25)26/h1-8H,9-10H2,(H,21,24). The summed E-state index contributed by atoms with van der Waals surface area (Å²) < 4.78 is 39.1. The van der Waals surface area contributed by atoms with Crippen molar-refractivity contribution in [3.63, 3.8) is 0 Å². The van der Waals surface area contributed by atoms with Crippen LogP contribution in [-0.4, -0.2) is 29.6 Å². The number of nitrogens with one attached hydrogen (secondary N) is 1. The predicted molar refractivity (Wildman–Crippen MR) is 99.1 cm³/mol. The molecule has 2 aromatic carbocycles. The second kappa shape index (κ2) is 6.47. The summed E-state index contributed by atoms with van der Waals surface area (Å²) in [7, 11) is -3.56. The van der Waals surface area contributed by atoms with E-state index in [1.807, 2.05) is 0 Å². The molecule has 1 aromatic heterocycles. The van der Waals surface area contributed by atoms with Gasteiger partial charge in [-0.05, 0) is 48.5 Å². The van der Waals surface area contributed by atoms with E-state index < -0.39 is 21.6 Å². The van der Waals surface area contributed by atoms with Gasteiger partial charge in [0.1, 0.15) is 17.2 Å². The predicted octanol–water partition coefficient (Wildman–Crippen LogP) is 3.38. The summed E-state index contributed by atoms with van der Waals surface area (Å²) in [6.07, 6.45) is 0. The Balaban J connectivity index is 1.81. The summed E-state index contributed by atoms with van der Waals surface area (Å²) in [6, 6.07) is 11.9. The summed E-state index contributed by atoms with van der Waals surface area (Å²) in [6.45, 7) is 0.134. The van der Waals surface area contributed by atoms with Gasteiger partial charge in [0.25, 0.3) is 5.91 Å². The van der Waals surface area contributed by atoms with Crippen molar-refractivity contribution >= 4 is 33.0 Å². The lowest BCUT2D eigenvalue weighted by atomic mass is 10.1. The molecule has 3 aromatic rings. The van der Waals surface area contributed by atoms with Crippen molar-refractivity contribution in [2.45, 2.75) is 11.7 Å². The molecule has 0 saturated carbocycles. The van der Waals surface area contributed by atoms with Crippen LogP contribution in [0.1, 0.15) is 10.5 Å². The first-order valence-corrected chi connectivity index (χ1v) is 10.0. The van der Waals surface area contributed by atoms with Crippen LogP contribution in [0.5, 0.6) is 0 Å². The highest BCUT2D eigenvalue weighted by atomic mass is 35.5. The minimum absolute atomic E-state index is 0.111. The fourth-order valence-corrected chi connectivity index (χ4v) is 4.42. The number of halogens is 2. The fourth-order valence-electron chi connectivity index (χ4n) is 2.94. The lowest BCUT2D eigenvalue weighted by Gasteiger charge is -2.09. The molecule has 27 heavy (non-hydrogen) atoms. The quantitative estimate of drug-likeness (QED) is 0.724. The van der Waals surface area contributed by atoms with Crippen LogP contribution in [0.4, 0.5) is 10.1 Å². The van der Waals surface area contributed by atoms with E-state index >= 15 is 0 Å². The molecule has 0 bridgehead atoms. The Hall–Kier alpha value is -2.71. The van der Waals surface area contributed by atoms with Gasteiger partial charge in [-0.15, -0.1) is 0 Å². The van der Waals surface area contributed by atoms with Crippen molar-refractivity contribution in [1.29, 1.82) is 0 Å². The Morgan fingerprint density at radius 3 is 2.44 bits per heavy atom. The van der Waals surface area contributed by atoms with E-state index in [9.17, 15) is 17.6 Å². The molecule has 1 N–H and O–H groups in total. The van der Waals surface area contributed by atoms with Gasteiger partial charge >= 0.3 is 0 Å². The average molecular weight is 406 g/mol. The lowest BCUT2D eigenvalue weighted by Crippen LogP contribution is -2.17. The maximum absolute atomic E-state index is 13.3. The van der Waals surface area contributed by atoms with E-state index in [0.29, 0.717) is 16.3 Å². The van der Waals surface area contributed by atoms with Crippen LogP contribution < -0.4 is 5.32 Å². The molecule has 0 radical (unpaired) electrons. The minimum atomic E-state index is -3.56. The number of anilines is 1. The van der Waals surface area contributed by atoms with Gasteiger partial charge in [0.15, 0.2) is 0 Å². The molecule has 0 spiro atoms. The number of benzene rings is 2. The Bertz CT molecular complexity index is 1140. The van der Waals surface area contributed by atoms with Gasteiger partial charge in [-0.25, -0.2) is 17.8 Å². The SMILES string of the molecule is O=C(Nc1ccc(Cl)cc1)c1c(-c2ccc(F)cc2)nc2n1CCS2(=O)=O. The molecule has 1 amide bonds. The van der Waals surface area contributed by atoms with Gasteiger partial charge < -0.3 is 9.88 Å². The Labute approximate surface area is 159 Å². The van der Waals surface area contributed by atoms with Crippen LogP contribution in [-0.2, 0) is 16.4 Å². The molecular weight excluding hydrogens is 393 g/mol. The summed E-state index contributed by atoms with van der Waals surface area (Å²) >= 11 is 5.85. The Kier molecular flexibility index (Phi) is 4.24. The van der Waals surface area contributed by atoms with Crippen LogP contribution in [0.3, 0.4) is 0 Å². The van der Waals surface area contributed by atoms with Crippen LogP contribution in [0.25, 0.3) is 11.3 Å². The molecule has 0 fully saturated rings. The highest BCUT2D eigenvalue weighted by Gasteiger charge is 2.35. The number of rotatable bonds is 3. The van der Waals surface area contributed by atoms with Crippen molar-refractivity contribution in [2.75, 3.05) is 11.1 Å². The zero-order chi connectivity index (χ0) is 19.2. The van der Waals surface area contributed by atoms with Crippen LogP contribution in [0.15, 0.2) is 53.7 Å². The molecule has 6 nitrogen and oxygen atoms in total. The topological polar surface area (TPSA) is 81.1 Å². The molecule has 1 aliphatic rings. The number of sulfone groups is 1. The van der Waals surface area contributed by atoms with E-state index in [1.54, 1.807) is 24.3 Å². The van der Waals surface area contributed by atoms with Gasteiger partial charge in [-0.1, -0.05) is 11.6 Å². The van der Waals surface area contributed by atoms with E-state index in [4.69, 9.17) is 11.6 Å². The van der Waals surface area contributed by atoms with E-state index in [1.165, 1.54) is 28.8 Å². The van der Waals surface area contributed by atoms with E-state index in [0.717, 1.165) is 0 Å². The third kappa shape index (κ3) is 3.22. The van der Waals surface area contributed by atoms with Gasteiger partial charge in [-0.3, -0.25) is 4.79 Å².